The highest BCUT2D eigenvalue weighted by Gasteiger charge is 2.33. The van der Waals surface area contributed by atoms with Crippen molar-refractivity contribution in [3.05, 3.63) is 35.4 Å². The highest BCUT2D eigenvalue weighted by molar-refractivity contribution is 5.75. The van der Waals surface area contributed by atoms with Crippen molar-refractivity contribution >= 4 is 12.0 Å². The summed E-state index contributed by atoms with van der Waals surface area (Å²) in [6, 6.07) is 10.2. The molecular weight excluding hydrogens is 354 g/mol. The fourth-order valence-corrected chi connectivity index (χ4v) is 4.48. The molecule has 1 aromatic carbocycles. The van der Waals surface area contributed by atoms with Crippen molar-refractivity contribution in [1.29, 1.82) is 5.26 Å². The van der Waals surface area contributed by atoms with E-state index < -0.39 is 0 Å². The zero-order valence-electron chi connectivity index (χ0n) is 16.8. The molecule has 0 bridgehead atoms. The van der Waals surface area contributed by atoms with Crippen LogP contribution in [-0.4, -0.2) is 55.1 Å². The predicted molar refractivity (Wildman–Crippen MR) is 106 cm³/mol. The van der Waals surface area contributed by atoms with Crippen molar-refractivity contribution < 1.29 is 14.3 Å². The van der Waals surface area contributed by atoms with Crippen molar-refractivity contribution in [2.45, 2.75) is 50.5 Å². The van der Waals surface area contributed by atoms with Crippen LogP contribution < -0.4 is 0 Å². The van der Waals surface area contributed by atoms with Gasteiger partial charge in [0.25, 0.3) is 0 Å². The molecule has 2 fully saturated rings. The van der Waals surface area contributed by atoms with Crippen molar-refractivity contribution in [2.24, 2.45) is 5.92 Å². The Kier molecular flexibility index (Phi) is 6.56. The smallest absolute Gasteiger partial charge is 0.319 e. The summed E-state index contributed by atoms with van der Waals surface area (Å²) in [5.74, 6) is 0.294. The van der Waals surface area contributed by atoms with Crippen LogP contribution in [-0.2, 0) is 9.53 Å². The molecule has 0 atom stereocenters. The summed E-state index contributed by atoms with van der Waals surface area (Å²) in [7, 11) is 3.32. The predicted octanol–water partition coefficient (Wildman–Crippen LogP) is 3.52. The number of amides is 2. The lowest BCUT2D eigenvalue weighted by Gasteiger charge is -2.39. The standard InChI is InChI=1S/C22H29N3O3/c1-24(20-9-7-19(8-10-20)21(26)28-2)22(27)25-13-11-18(12-14-25)17-5-3-16(15-23)4-6-17/h3-6,18-20H,7-14H2,1-2H3. The molecule has 1 saturated carbocycles. The third-order valence-electron chi connectivity index (χ3n) is 6.36. The Balaban J connectivity index is 1.49. The van der Waals surface area contributed by atoms with Crippen LogP contribution in [0.5, 0.6) is 0 Å². The number of hydrogen-bond donors (Lipinski definition) is 0. The highest BCUT2D eigenvalue weighted by atomic mass is 16.5. The number of benzene rings is 1. The van der Waals surface area contributed by atoms with Gasteiger partial charge in [-0.1, -0.05) is 12.1 Å². The Morgan fingerprint density at radius 1 is 1.07 bits per heavy atom. The van der Waals surface area contributed by atoms with Crippen LogP contribution in [0, 0.1) is 17.2 Å². The molecule has 0 aromatic heterocycles. The average molecular weight is 383 g/mol. The molecule has 6 nitrogen and oxygen atoms in total. The molecule has 6 heteroatoms. The molecule has 2 aliphatic rings. The van der Waals surface area contributed by atoms with E-state index in [4.69, 9.17) is 10.00 Å². The fraction of sp³-hybridized carbons (Fsp3) is 0.591. The Morgan fingerprint density at radius 3 is 2.21 bits per heavy atom. The van der Waals surface area contributed by atoms with E-state index >= 15 is 0 Å². The minimum absolute atomic E-state index is 0.0204. The summed E-state index contributed by atoms with van der Waals surface area (Å²) in [5.41, 5.74) is 1.93. The molecule has 3 rings (SSSR count). The van der Waals surface area contributed by atoms with Crippen molar-refractivity contribution in [3.8, 4) is 6.07 Å². The van der Waals surface area contributed by atoms with Crippen LogP contribution in [0.15, 0.2) is 24.3 Å². The Hall–Kier alpha value is -2.55. The first-order valence-electron chi connectivity index (χ1n) is 10.1. The van der Waals surface area contributed by atoms with E-state index in [1.807, 2.05) is 41.1 Å². The first kappa shape index (κ1) is 20.2. The Morgan fingerprint density at radius 2 is 1.68 bits per heavy atom. The monoisotopic (exact) mass is 383 g/mol. The van der Waals surface area contributed by atoms with E-state index in [1.54, 1.807) is 0 Å². The summed E-state index contributed by atoms with van der Waals surface area (Å²) in [6.07, 6.45) is 5.17. The van der Waals surface area contributed by atoms with E-state index in [2.05, 4.69) is 6.07 Å². The van der Waals surface area contributed by atoms with Gasteiger partial charge in [-0.3, -0.25) is 4.79 Å². The summed E-state index contributed by atoms with van der Waals surface area (Å²) in [4.78, 5) is 28.4. The molecule has 1 heterocycles. The molecule has 150 valence electrons. The largest absolute Gasteiger partial charge is 0.469 e. The summed E-state index contributed by atoms with van der Waals surface area (Å²) in [6.45, 7) is 1.51. The number of esters is 1. The molecular formula is C22H29N3O3. The van der Waals surface area contributed by atoms with E-state index in [0.717, 1.165) is 51.6 Å². The minimum Gasteiger partial charge on any atom is -0.469 e. The number of hydrogen-bond acceptors (Lipinski definition) is 4. The number of ether oxygens (including phenoxy) is 1. The number of likely N-dealkylation sites (tertiary alicyclic amines) is 1. The van der Waals surface area contributed by atoms with Gasteiger partial charge in [0.1, 0.15) is 0 Å². The van der Waals surface area contributed by atoms with Crippen molar-refractivity contribution in [2.75, 3.05) is 27.2 Å². The summed E-state index contributed by atoms with van der Waals surface area (Å²) >= 11 is 0. The number of carbonyl (C=O) groups excluding carboxylic acids is 2. The molecule has 0 unspecified atom stereocenters. The first-order valence-corrected chi connectivity index (χ1v) is 10.1. The van der Waals surface area contributed by atoms with E-state index in [1.165, 1.54) is 12.7 Å². The normalized spacial score (nSPS) is 23.0. The van der Waals surface area contributed by atoms with Gasteiger partial charge >= 0.3 is 12.0 Å². The maximum absolute atomic E-state index is 12.9. The second-order valence-electron chi connectivity index (χ2n) is 7.92. The van der Waals surface area contributed by atoms with Crippen LogP contribution in [0.2, 0.25) is 0 Å². The maximum atomic E-state index is 12.9. The number of carbonyl (C=O) groups is 2. The lowest BCUT2D eigenvalue weighted by atomic mass is 9.85. The van der Waals surface area contributed by atoms with E-state index in [0.29, 0.717) is 11.5 Å². The lowest BCUT2D eigenvalue weighted by Crippen LogP contribution is -2.49. The molecule has 1 aliphatic heterocycles. The average Bonchev–Trinajstić information content (AvgIpc) is 2.78. The molecule has 1 aromatic rings. The van der Waals surface area contributed by atoms with Crippen LogP contribution >= 0.6 is 0 Å². The molecule has 0 N–H and O–H groups in total. The molecule has 28 heavy (non-hydrogen) atoms. The third kappa shape index (κ3) is 4.46. The lowest BCUT2D eigenvalue weighted by molar-refractivity contribution is -0.146. The van der Waals surface area contributed by atoms with E-state index in [9.17, 15) is 9.59 Å². The number of methoxy groups -OCH3 is 1. The van der Waals surface area contributed by atoms with Gasteiger partial charge in [-0.15, -0.1) is 0 Å². The molecule has 0 spiro atoms. The second kappa shape index (κ2) is 9.09. The van der Waals surface area contributed by atoms with Crippen LogP contribution in [0.25, 0.3) is 0 Å². The Labute approximate surface area is 167 Å². The van der Waals surface area contributed by atoms with Gasteiger partial charge in [0, 0.05) is 26.2 Å². The van der Waals surface area contributed by atoms with Crippen molar-refractivity contribution in [1.82, 2.24) is 9.80 Å². The van der Waals surface area contributed by atoms with Gasteiger partial charge < -0.3 is 14.5 Å². The van der Waals surface area contributed by atoms with Gasteiger partial charge in [0.05, 0.1) is 24.7 Å². The highest BCUT2D eigenvalue weighted by Crippen LogP contribution is 2.31. The zero-order chi connectivity index (χ0) is 20.1. The molecule has 1 saturated heterocycles. The topological polar surface area (TPSA) is 73.6 Å². The van der Waals surface area contributed by atoms with E-state index in [-0.39, 0.29) is 24.0 Å². The fourth-order valence-electron chi connectivity index (χ4n) is 4.48. The number of nitrogens with zero attached hydrogens (tertiary/aromatic N) is 3. The maximum Gasteiger partial charge on any atom is 0.319 e. The van der Waals surface area contributed by atoms with Gasteiger partial charge in [0.15, 0.2) is 0 Å². The summed E-state index contributed by atoms with van der Waals surface area (Å²) in [5, 5.41) is 8.93. The number of urea groups is 1. The van der Waals surface area contributed by atoms with Gasteiger partial charge in [-0.05, 0) is 62.1 Å². The van der Waals surface area contributed by atoms with Crippen LogP contribution in [0.1, 0.15) is 55.6 Å². The molecule has 1 aliphatic carbocycles. The van der Waals surface area contributed by atoms with Gasteiger partial charge in [0.2, 0.25) is 0 Å². The van der Waals surface area contributed by atoms with Crippen LogP contribution in [0.3, 0.4) is 0 Å². The van der Waals surface area contributed by atoms with Crippen molar-refractivity contribution in [3.63, 3.8) is 0 Å². The van der Waals surface area contributed by atoms with Crippen LogP contribution in [0.4, 0.5) is 4.79 Å². The minimum atomic E-state index is -0.127. The molecule has 2 amide bonds. The Bertz CT molecular complexity index is 724. The SMILES string of the molecule is COC(=O)C1CCC(N(C)C(=O)N2CCC(c3ccc(C#N)cc3)CC2)CC1. The molecule has 0 radical (unpaired) electrons. The number of piperidine rings is 1. The number of rotatable bonds is 3. The first-order chi connectivity index (χ1) is 13.5. The number of nitriles is 1. The third-order valence-corrected chi connectivity index (χ3v) is 6.36. The zero-order valence-corrected chi connectivity index (χ0v) is 16.8. The summed E-state index contributed by atoms with van der Waals surface area (Å²) < 4.78 is 4.84. The second-order valence-corrected chi connectivity index (χ2v) is 7.92. The van der Waals surface area contributed by atoms with Gasteiger partial charge in [-0.25, -0.2) is 4.79 Å². The van der Waals surface area contributed by atoms with Gasteiger partial charge in [-0.2, -0.15) is 5.26 Å². The quantitative estimate of drug-likeness (QED) is 0.749.